The summed E-state index contributed by atoms with van der Waals surface area (Å²) >= 11 is 2.43. The van der Waals surface area contributed by atoms with Crippen LogP contribution in [0.15, 0.2) is 140 Å². The number of hydrogen-bond donors (Lipinski definition) is 0. The Bertz CT molecular complexity index is 2150. The van der Waals surface area contributed by atoms with Gasteiger partial charge in [-0.1, -0.05) is 103 Å². The zero-order valence-electron chi connectivity index (χ0n) is 21.1. The van der Waals surface area contributed by atoms with Gasteiger partial charge in [-0.3, -0.25) is 2.78 Å². The molecule has 0 aliphatic carbocycles. The lowest BCUT2D eigenvalue weighted by Crippen LogP contribution is -1.93. The molecule has 39 heavy (non-hydrogen) atoms. The van der Waals surface area contributed by atoms with Crippen molar-refractivity contribution in [3.63, 3.8) is 0 Å². The molecule has 0 N–H and O–H groups in total. The predicted octanol–water partition coefficient (Wildman–Crippen LogP) is 10.4. The Kier molecular flexibility index (Phi) is 5.13. The summed E-state index contributed by atoms with van der Waals surface area (Å²) < 4.78 is 4.69. The maximum absolute atomic E-state index is 2.43. The molecule has 0 saturated carbocycles. The summed E-state index contributed by atoms with van der Waals surface area (Å²) in [5, 5.41) is 5.22. The van der Waals surface area contributed by atoms with E-state index in [1.54, 1.807) is 0 Å². The number of halogens is 1. The van der Waals surface area contributed by atoms with E-state index in [0.717, 1.165) is 0 Å². The van der Waals surface area contributed by atoms with E-state index < -0.39 is 0 Å². The fourth-order valence-corrected chi connectivity index (χ4v) is 6.86. The molecule has 0 aliphatic heterocycles. The highest BCUT2D eigenvalue weighted by molar-refractivity contribution is 14.1. The van der Waals surface area contributed by atoms with Gasteiger partial charge < -0.3 is 4.57 Å². The van der Waals surface area contributed by atoms with Crippen LogP contribution in [0.4, 0.5) is 0 Å². The molecule has 0 saturated heterocycles. The van der Waals surface area contributed by atoms with Crippen molar-refractivity contribution in [3.8, 4) is 27.9 Å². The van der Waals surface area contributed by atoms with Crippen molar-refractivity contribution >= 4 is 66.5 Å². The normalized spacial score (nSPS) is 11.7. The van der Waals surface area contributed by atoms with E-state index in [1.165, 1.54) is 71.6 Å². The van der Waals surface area contributed by atoms with E-state index in [4.69, 9.17) is 0 Å². The summed E-state index contributed by atoms with van der Waals surface area (Å²) in [4.78, 5) is 0. The third kappa shape index (κ3) is 3.46. The van der Waals surface area contributed by atoms with E-state index in [2.05, 4.69) is 170 Å². The summed E-state index contributed by atoms with van der Waals surface area (Å²) in [6.07, 6.45) is 0. The summed E-state index contributed by atoms with van der Waals surface area (Å²) in [5.41, 5.74) is 11.0. The predicted molar refractivity (Wildman–Crippen MR) is 174 cm³/mol. The molecule has 2 heterocycles. The highest BCUT2D eigenvalue weighted by Crippen LogP contribution is 2.41. The Morgan fingerprint density at radius 2 is 0.821 bits per heavy atom. The second-order valence-electron chi connectivity index (χ2n) is 9.99. The smallest absolute Gasteiger partial charge is 0.0646 e. The average Bonchev–Trinajstić information content (AvgIpc) is 3.50. The molecule has 2 aromatic heterocycles. The fraction of sp³-hybridized carbons (Fsp3) is 0. The molecule has 0 bridgehead atoms. The second kappa shape index (κ2) is 8.85. The van der Waals surface area contributed by atoms with E-state index in [1.807, 2.05) is 0 Å². The molecule has 0 unspecified atom stereocenters. The fourth-order valence-electron chi connectivity index (χ4n) is 6.04. The van der Waals surface area contributed by atoms with Crippen LogP contribution in [-0.4, -0.2) is 7.35 Å². The molecule has 8 rings (SSSR count). The topological polar surface area (TPSA) is 9.86 Å². The maximum atomic E-state index is 2.43. The number of para-hydroxylation sites is 2. The maximum Gasteiger partial charge on any atom is 0.0646 e. The molecule has 0 aliphatic rings. The van der Waals surface area contributed by atoms with Crippen LogP contribution in [0.2, 0.25) is 0 Å². The van der Waals surface area contributed by atoms with E-state index in [0.29, 0.717) is 0 Å². The van der Waals surface area contributed by atoms with Crippen molar-refractivity contribution in [3.05, 3.63) is 140 Å². The van der Waals surface area contributed by atoms with Gasteiger partial charge in [-0.2, -0.15) is 0 Å². The number of benzene rings is 6. The van der Waals surface area contributed by atoms with Crippen molar-refractivity contribution in [1.29, 1.82) is 0 Å². The molecule has 184 valence electrons. The van der Waals surface area contributed by atoms with Gasteiger partial charge in [0.2, 0.25) is 0 Å². The Labute approximate surface area is 240 Å². The van der Waals surface area contributed by atoms with Crippen LogP contribution < -0.4 is 0 Å². The van der Waals surface area contributed by atoms with Gasteiger partial charge in [0.25, 0.3) is 0 Å². The minimum atomic E-state index is 1.17. The first kappa shape index (κ1) is 22.6. The molecule has 0 radical (unpaired) electrons. The first-order chi connectivity index (χ1) is 19.3. The van der Waals surface area contributed by atoms with Gasteiger partial charge in [0.1, 0.15) is 0 Å². The SMILES string of the molecule is In1c2ccccc2c2c3c4ccccc4n(-c4ccc(-c5ccc(-c6ccccc6)cc5)cc4)c3ccc21. The molecule has 0 atom stereocenters. The Morgan fingerprint density at radius 3 is 1.49 bits per heavy atom. The first-order valence-corrected chi connectivity index (χ1v) is 14.1. The first-order valence-electron chi connectivity index (χ1n) is 13.2. The standard InChI is InChI=1S/C36H23IN2/c37-39-32-13-7-5-11-30(32)36-34(39)23-22-33-35(36)29-10-4-6-12-31(29)38(33)28-20-18-27(19-21-28)26-16-14-25(15-17-26)24-8-2-1-3-9-24/h1-23H. The van der Waals surface area contributed by atoms with Gasteiger partial charge in [0, 0.05) is 27.2 Å². The van der Waals surface area contributed by atoms with Crippen LogP contribution in [0.1, 0.15) is 0 Å². The minimum absolute atomic E-state index is 1.17. The molecule has 2 nitrogen and oxygen atoms in total. The van der Waals surface area contributed by atoms with E-state index in [9.17, 15) is 0 Å². The summed E-state index contributed by atoms with van der Waals surface area (Å²) in [6.45, 7) is 0. The third-order valence-corrected chi connectivity index (χ3v) is 8.90. The zero-order valence-corrected chi connectivity index (χ0v) is 23.2. The van der Waals surface area contributed by atoms with Gasteiger partial charge in [0.15, 0.2) is 0 Å². The Hall–Kier alpha value is -4.35. The van der Waals surface area contributed by atoms with Crippen molar-refractivity contribution in [1.82, 2.24) is 7.35 Å². The lowest BCUT2D eigenvalue weighted by molar-refractivity contribution is 1.18. The van der Waals surface area contributed by atoms with Gasteiger partial charge in [-0.05, 0) is 58.7 Å². The molecule has 0 fully saturated rings. The second-order valence-corrected chi connectivity index (χ2v) is 11.0. The van der Waals surface area contributed by atoms with Crippen LogP contribution in [0, 0.1) is 0 Å². The summed E-state index contributed by atoms with van der Waals surface area (Å²) in [6, 6.07) is 50.4. The molecular weight excluding hydrogens is 587 g/mol. The highest BCUT2D eigenvalue weighted by atomic mass is 127. The van der Waals surface area contributed by atoms with Crippen LogP contribution in [-0.2, 0) is 0 Å². The van der Waals surface area contributed by atoms with Crippen molar-refractivity contribution < 1.29 is 0 Å². The lowest BCUT2D eigenvalue weighted by Gasteiger charge is -2.10. The highest BCUT2D eigenvalue weighted by Gasteiger charge is 2.18. The molecular formula is C36H23IN2. The van der Waals surface area contributed by atoms with E-state index >= 15 is 0 Å². The van der Waals surface area contributed by atoms with Crippen molar-refractivity contribution in [2.75, 3.05) is 0 Å². The van der Waals surface area contributed by atoms with E-state index in [-0.39, 0.29) is 0 Å². The zero-order chi connectivity index (χ0) is 25.9. The molecule has 3 heteroatoms. The van der Waals surface area contributed by atoms with Crippen LogP contribution in [0.3, 0.4) is 0 Å². The average molecular weight is 610 g/mol. The number of nitrogens with zero attached hydrogens (tertiary/aromatic N) is 2. The number of fused-ring (bicyclic) bond motifs is 7. The number of hydrogen-bond acceptors (Lipinski definition) is 0. The van der Waals surface area contributed by atoms with Gasteiger partial charge in [0.05, 0.1) is 44.9 Å². The van der Waals surface area contributed by atoms with Crippen molar-refractivity contribution in [2.45, 2.75) is 0 Å². The number of aromatic nitrogens is 2. The quantitative estimate of drug-likeness (QED) is 0.176. The molecule has 6 aromatic carbocycles. The monoisotopic (exact) mass is 610 g/mol. The van der Waals surface area contributed by atoms with Crippen LogP contribution >= 0.6 is 22.9 Å². The van der Waals surface area contributed by atoms with Crippen LogP contribution in [0.25, 0.3) is 71.6 Å². The third-order valence-electron chi connectivity index (χ3n) is 7.86. The lowest BCUT2D eigenvalue weighted by atomic mass is 10.0. The Balaban J connectivity index is 1.29. The molecule has 8 aromatic rings. The largest absolute Gasteiger partial charge is 0.309 e. The van der Waals surface area contributed by atoms with Gasteiger partial charge in [-0.15, -0.1) is 0 Å². The summed E-state index contributed by atoms with van der Waals surface area (Å²) in [7, 11) is 0. The summed E-state index contributed by atoms with van der Waals surface area (Å²) in [5.74, 6) is 0. The molecule has 0 amide bonds. The van der Waals surface area contributed by atoms with Gasteiger partial charge in [-0.25, -0.2) is 0 Å². The molecule has 0 spiro atoms. The van der Waals surface area contributed by atoms with Crippen molar-refractivity contribution in [2.24, 2.45) is 0 Å². The Morgan fingerprint density at radius 1 is 0.359 bits per heavy atom. The minimum Gasteiger partial charge on any atom is -0.309 e. The van der Waals surface area contributed by atoms with Crippen LogP contribution in [0.5, 0.6) is 0 Å². The number of rotatable bonds is 3. The van der Waals surface area contributed by atoms with Gasteiger partial charge >= 0.3 is 0 Å².